The molecule has 1 heteroatoms. The molecule has 0 bridgehead atoms. The normalized spacial score (nSPS) is 11.1. The Balaban J connectivity index is 1.40. The molecule has 0 aliphatic carbocycles. The summed E-state index contributed by atoms with van der Waals surface area (Å²) in [4.78, 5) is 2.36. The van der Waals surface area contributed by atoms with E-state index in [0.29, 0.717) is 0 Å². The number of nitrogens with zero attached hydrogens (tertiary/aromatic N) is 1. The van der Waals surface area contributed by atoms with Crippen molar-refractivity contribution in [3.8, 4) is 33.4 Å². The minimum Gasteiger partial charge on any atom is -0.310 e. The van der Waals surface area contributed by atoms with Crippen LogP contribution in [0.4, 0.5) is 17.1 Å². The zero-order valence-electron chi connectivity index (χ0n) is 24.8. The highest BCUT2D eigenvalue weighted by molar-refractivity contribution is 6.22. The summed E-state index contributed by atoms with van der Waals surface area (Å²) in [6.07, 6.45) is 0. The fraction of sp³-hybridized carbons (Fsp3) is 0. The van der Waals surface area contributed by atoms with Crippen molar-refractivity contribution in [2.24, 2.45) is 0 Å². The number of fused-ring (bicyclic) bond motifs is 2. The topological polar surface area (TPSA) is 3.24 Å². The number of hydrogen-bond acceptors (Lipinski definition) is 1. The monoisotopic (exact) mass is 573 g/mol. The molecule has 212 valence electrons. The maximum atomic E-state index is 2.38. The first-order chi connectivity index (χ1) is 22.3. The molecule has 0 atom stereocenters. The van der Waals surface area contributed by atoms with E-state index in [1.165, 1.54) is 54.9 Å². The minimum atomic E-state index is 1.12. The van der Waals surface area contributed by atoms with Gasteiger partial charge in [-0.15, -0.1) is 0 Å². The van der Waals surface area contributed by atoms with E-state index >= 15 is 0 Å². The summed E-state index contributed by atoms with van der Waals surface area (Å²) in [6.45, 7) is 0. The Morgan fingerprint density at radius 1 is 0.244 bits per heavy atom. The van der Waals surface area contributed by atoms with Crippen molar-refractivity contribution in [1.82, 2.24) is 0 Å². The molecule has 0 amide bonds. The van der Waals surface area contributed by atoms with Crippen LogP contribution in [0.2, 0.25) is 0 Å². The first kappa shape index (κ1) is 26.7. The highest BCUT2D eigenvalue weighted by Crippen LogP contribution is 2.46. The molecule has 0 heterocycles. The van der Waals surface area contributed by atoms with Gasteiger partial charge in [0.15, 0.2) is 0 Å². The van der Waals surface area contributed by atoms with Crippen molar-refractivity contribution in [3.63, 3.8) is 0 Å². The van der Waals surface area contributed by atoms with Crippen molar-refractivity contribution in [2.75, 3.05) is 4.90 Å². The minimum absolute atomic E-state index is 1.12. The van der Waals surface area contributed by atoms with Crippen LogP contribution in [0.25, 0.3) is 54.9 Å². The average Bonchev–Trinajstić information content (AvgIpc) is 3.12. The molecule has 8 aromatic rings. The summed E-state index contributed by atoms with van der Waals surface area (Å²) in [7, 11) is 0. The average molecular weight is 574 g/mol. The maximum Gasteiger partial charge on any atom is 0.0468 e. The predicted octanol–water partition coefficient (Wildman–Crippen LogP) is 12.5. The summed E-state index contributed by atoms with van der Waals surface area (Å²) in [5.41, 5.74) is 10.7. The molecule has 0 aromatic heterocycles. The van der Waals surface area contributed by atoms with Crippen LogP contribution in [-0.4, -0.2) is 0 Å². The summed E-state index contributed by atoms with van der Waals surface area (Å²) in [5, 5.41) is 5.00. The lowest BCUT2D eigenvalue weighted by Gasteiger charge is -2.27. The standard InChI is InChI=1S/C44H31N/c1-5-15-32(16-6-1)33-25-27-37(28-26-33)45(36-21-11-4-12-22-36)38-29-30-41-42(31-38)44(35-19-9-3-10-20-35)40-24-14-13-23-39(40)43(41)34-17-7-2-8-18-34/h1-31H. The fourth-order valence-corrected chi connectivity index (χ4v) is 6.59. The summed E-state index contributed by atoms with van der Waals surface area (Å²) >= 11 is 0. The Hall–Kier alpha value is -5.92. The highest BCUT2D eigenvalue weighted by atomic mass is 15.1. The van der Waals surface area contributed by atoms with Gasteiger partial charge in [0.2, 0.25) is 0 Å². The molecular formula is C44H31N. The Kier molecular flexibility index (Phi) is 6.90. The van der Waals surface area contributed by atoms with Crippen LogP contribution in [0, 0.1) is 0 Å². The van der Waals surface area contributed by atoms with Gasteiger partial charge in [0.25, 0.3) is 0 Å². The first-order valence-corrected chi connectivity index (χ1v) is 15.5. The third-order valence-corrected chi connectivity index (χ3v) is 8.64. The Morgan fingerprint density at radius 3 is 1.18 bits per heavy atom. The summed E-state index contributed by atoms with van der Waals surface area (Å²) < 4.78 is 0. The number of rotatable bonds is 6. The molecule has 8 aromatic carbocycles. The SMILES string of the molecule is c1ccc(-c2ccc(N(c3ccccc3)c3ccc4c(-c5ccccc5)c5ccccc5c(-c5ccccc5)c4c3)cc2)cc1. The van der Waals surface area contributed by atoms with Gasteiger partial charge in [0.1, 0.15) is 0 Å². The van der Waals surface area contributed by atoms with Crippen molar-refractivity contribution in [3.05, 3.63) is 188 Å². The molecular weight excluding hydrogens is 542 g/mol. The summed E-state index contributed by atoms with van der Waals surface area (Å²) in [5.74, 6) is 0. The maximum absolute atomic E-state index is 2.38. The zero-order valence-corrected chi connectivity index (χ0v) is 24.8. The number of para-hydroxylation sites is 1. The quantitative estimate of drug-likeness (QED) is 0.179. The number of anilines is 3. The lowest BCUT2D eigenvalue weighted by molar-refractivity contribution is 1.29. The summed E-state index contributed by atoms with van der Waals surface area (Å²) in [6, 6.07) is 67.6. The Bertz CT molecular complexity index is 2220. The van der Waals surface area contributed by atoms with Gasteiger partial charge in [-0.2, -0.15) is 0 Å². The molecule has 0 saturated carbocycles. The van der Waals surface area contributed by atoms with Gasteiger partial charge in [-0.1, -0.05) is 152 Å². The van der Waals surface area contributed by atoms with E-state index in [0.717, 1.165) is 17.1 Å². The third kappa shape index (κ3) is 4.95. The molecule has 45 heavy (non-hydrogen) atoms. The second kappa shape index (κ2) is 11.6. The van der Waals surface area contributed by atoms with Crippen LogP contribution >= 0.6 is 0 Å². The molecule has 0 radical (unpaired) electrons. The molecule has 1 nitrogen and oxygen atoms in total. The molecule has 0 aliphatic heterocycles. The molecule has 0 unspecified atom stereocenters. The molecule has 0 fully saturated rings. The number of hydrogen-bond donors (Lipinski definition) is 0. The van der Waals surface area contributed by atoms with Crippen LogP contribution in [0.15, 0.2) is 188 Å². The van der Waals surface area contributed by atoms with Crippen molar-refractivity contribution in [2.45, 2.75) is 0 Å². The molecule has 0 aliphatic rings. The van der Waals surface area contributed by atoms with Crippen LogP contribution in [0.1, 0.15) is 0 Å². The van der Waals surface area contributed by atoms with Gasteiger partial charge >= 0.3 is 0 Å². The van der Waals surface area contributed by atoms with Gasteiger partial charge in [-0.25, -0.2) is 0 Å². The molecule has 0 saturated heterocycles. The Labute approximate surface area is 264 Å². The van der Waals surface area contributed by atoms with Crippen molar-refractivity contribution >= 4 is 38.6 Å². The smallest absolute Gasteiger partial charge is 0.0468 e. The van der Waals surface area contributed by atoms with E-state index in [1.54, 1.807) is 0 Å². The first-order valence-electron chi connectivity index (χ1n) is 15.5. The highest BCUT2D eigenvalue weighted by Gasteiger charge is 2.19. The Morgan fingerprint density at radius 2 is 0.622 bits per heavy atom. The fourth-order valence-electron chi connectivity index (χ4n) is 6.59. The van der Waals surface area contributed by atoms with Gasteiger partial charge in [-0.05, 0) is 91.3 Å². The second-order valence-electron chi connectivity index (χ2n) is 11.3. The lowest BCUT2D eigenvalue weighted by Crippen LogP contribution is -2.10. The van der Waals surface area contributed by atoms with E-state index in [9.17, 15) is 0 Å². The molecule has 0 spiro atoms. The zero-order chi connectivity index (χ0) is 30.0. The lowest BCUT2D eigenvalue weighted by atomic mass is 9.85. The van der Waals surface area contributed by atoms with E-state index in [1.807, 2.05) is 0 Å². The van der Waals surface area contributed by atoms with Crippen LogP contribution in [0.5, 0.6) is 0 Å². The largest absolute Gasteiger partial charge is 0.310 e. The predicted molar refractivity (Wildman–Crippen MR) is 192 cm³/mol. The van der Waals surface area contributed by atoms with Gasteiger partial charge in [0, 0.05) is 17.1 Å². The van der Waals surface area contributed by atoms with Crippen molar-refractivity contribution < 1.29 is 0 Å². The van der Waals surface area contributed by atoms with Crippen LogP contribution in [0.3, 0.4) is 0 Å². The molecule has 0 N–H and O–H groups in total. The van der Waals surface area contributed by atoms with E-state index in [2.05, 4.69) is 193 Å². The van der Waals surface area contributed by atoms with Gasteiger partial charge < -0.3 is 4.90 Å². The van der Waals surface area contributed by atoms with Crippen molar-refractivity contribution in [1.29, 1.82) is 0 Å². The van der Waals surface area contributed by atoms with Gasteiger partial charge in [-0.3, -0.25) is 0 Å². The van der Waals surface area contributed by atoms with E-state index in [4.69, 9.17) is 0 Å². The second-order valence-corrected chi connectivity index (χ2v) is 11.3. The van der Waals surface area contributed by atoms with Gasteiger partial charge in [0.05, 0.1) is 0 Å². The van der Waals surface area contributed by atoms with Crippen LogP contribution < -0.4 is 4.90 Å². The van der Waals surface area contributed by atoms with E-state index < -0.39 is 0 Å². The third-order valence-electron chi connectivity index (χ3n) is 8.64. The number of benzene rings is 8. The van der Waals surface area contributed by atoms with Crippen LogP contribution in [-0.2, 0) is 0 Å². The molecule has 8 rings (SSSR count). The van der Waals surface area contributed by atoms with E-state index in [-0.39, 0.29) is 0 Å².